The summed E-state index contributed by atoms with van der Waals surface area (Å²) in [4.78, 5) is 13.0. The number of nitrogens with one attached hydrogen (secondary N) is 1. The molecule has 6 heteroatoms. The third-order valence-electron chi connectivity index (χ3n) is 3.54. The average Bonchev–Trinajstić information content (AvgIpc) is 3.08. The molecule has 1 aromatic heterocycles. The van der Waals surface area contributed by atoms with Gasteiger partial charge in [-0.25, -0.2) is 4.39 Å². The van der Waals surface area contributed by atoms with Crippen molar-refractivity contribution in [1.29, 1.82) is 5.26 Å². The zero-order valence-electron chi connectivity index (χ0n) is 12.1. The van der Waals surface area contributed by atoms with Crippen molar-refractivity contribution in [2.75, 3.05) is 0 Å². The summed E-state index contributed by atoms with van der Waals surface area (Å²) in [5.41, 5.74) is 1.54. The lowest BCUT2D eigenvalue weighted by atomic mass is 9.93. The summed E-state index contributed by atoms with van der Waals surface area (Å²) in [7, 11) is 0. The zero-order valence-corrected chi connectivity index (χ0v) is 13.7. The number of thiophene rings is 1. The summed E-state index contributed by atoms with van der Waals surface area (Å²) >= 11 is 2.95. The number of halogens is 1. The Bertz CT molecular complexity index is 776. The molecule has 116 valence electrons. The van der Waals surface area contributed by atoms with Gasteiger partial charge in [0.25, 0.3) is 0 Å². The number of nitriles is 1. The highest BCUT2D eigenvalue weighted by Gasteiger charge is 2.30. The van der Waals surface area contributed by atoms with E-state index in [0.29, 0.717) is 22.8 Å². The van der Waals surface area contributed by atoms with Crippen LogP contribution in [0.1, 0.15) is 22.8 Å². The second-order valence-corrected chi connectivity index (χ2v) is 7.05. The molecule has 0 bridgehead atoms. The van der Waals surface area contributed by atoms with Crippen molar-refractivity contribution < 1.29 is 9.18 Å². The fourth-order valence-corrected chi connectivity index (χ4v) is 4.27. The predicted octanol–water partition coefficient (Wildman–Crippen LogP) is 4.16. The van der Waals surface area contributed by atoms with Crippen molar-refractivity contribution in [2.24, 2.45) is 0 Å². The van der Waals surface area contributed by atoms with Crippen LogP contribution < -0.4 is 5.32 Å². The molecule has 1 amide bonds. The summed E-state index contributed by atoms with van der Waals surface area (Å²) in [6, 6.07) is 12.3. The van der Waals surface area contributed by atoms with Crippen LogP contribution in [-0.4, -0.2) is 5.91 Å². The lowest BCUT2D eigenvalue weighted by Gasteiger charge is -2.24. The van der Waals surface area contributed by atoms with Gasteiger partial charge < -0.3 is 5.32 Å². The Morgan fingerprint density at radius 3 is 2.78 bits per heavy atom. The summed E-state index contributed by atoms with van der Waals surface area (Å²) in [5.74, 6) is 0.0333. The minimum Gasteiger partial charge on any atom is -0.320 e. The topological polar surface area (TPSA) is 52.9 Å². The second-order valence-electron chi connectivity index (χ2n) is 5.09. The molecule has 2 aromatic rings. The van der Waals surface area contributed by atoms with Gasteiger partial charge in [0.05, 0.1) is 16.7 Å². The van der Waals surface area contributed by atoms with Crippen LogP contribution in [0.5, 0.6) is 0 Å². The number of carbonyl (C=O) groups is 1. The Balaban J connectivity index is 1.83. The first-order valence-corrected chi connectivity index (χ1v) is 8.88. The highest BCUT2D eigenvalue weighted by atomic mass is 32.2. The van der Waals surface area contributed by atoms with Crippen molar-refractivity contribution in [3.8, 4) is 6.07 Å². The highest BCUT2D eigenvalue weighted by molar-refractivity contribution is 8.02. The van der Waals surface area contributed by atoms with Gasteiger partial charge in [-0.1, -0.05) is 18.2 Å². The van der Waals surface area contributed by atoms with Crippen LogP contribution in [0.25, 0.3) is 0 Å². The molecule has 1 aliphatic rings. The Hall–Kier alpha value is -2.10. The van der Waals surface area contributed by atoms with Crippen molar-refractivity contribution in [3.05, 3.63) is 68.6 Å². The van der Waals surface area contributed by atoms with Gasteiger partial charge in [0.15, 0.2) is 0 Å². The Labute approximate surface area is 141 Å². The first-order valence-electron chi connectivity index (χ1n) is 7.02. The molecular weight excluding hydrogens is 331 g/mol. The van der Waals surface area contributed by atoms with Gasteiger partial charge in [-0.3, -0.25) is 4.79 Å². The van der Waals surface area contributed by atoms with E-state index in [1.807, 2.05) is 17.5 Å². The molecule has 0 unspecified atom stereocenters. The first-order chi connectivity index (χ1) is 11.2. The third kappa shape index (κ3) is 3.63. The summed E-state index contributed by atoms with van der Waals surface area (Å²) in [5, 5.41) is 14.9. The van der Waals surface area contributed by atoms with E-state index in [1.165, 1.54) is 23.9 Å². The van der Waals surface area contributed by atoms with Crippen LogP contribution in [0.15, 0.2) is 52.4 Å². The molecular formula is C17H13FN2OS2. The van der Waals surface area contributed by atoms with E-state index in [0.717, 1.165) is 10.4 Å². The molecule has 2 heterocycles. The van der Waals surface area contributed by atoms with Gasteiger partial charge in [-0.2, -0.15) is 5.26 Å². The fraction of sp³-hybridized carbons (Fsp3) is 0.176. The Kier molecular flexibility index (Phi) is 4.79. The molecule has 0 aliphatic carbocycles. The maximum atomic E-state index is 12.9. The first kappa shape index (κ1) is 15.8. The van der Waals surface area contributed by atoms with Crippen molar-refractivity contribution in [1.82, 2.24) is 5.32 Å². The Morgan fingerprint density at radius 2 is 2.13 bits per heavy atom. The largest absolute Gasteiger partial charge is 0.320 e. The maximum absolute atomic E-state index is 12.9. The molecule has 1 aromatic carbocycles. The quantitative estimate of drug-likeness (QED) is 0.906. The Morgan fingerprint density at radius 1 is 1.35 bits per heavy atom. The maximum Gasteiger partial charge on any atom is 0.225 e. The molecule has 23 heavy (non-hydrogen) atoms. The molecule has 3 rings (SSSR count). The van der Waals surface area contributed by atoms with E-state index < -0.39 is 0 Å². The van der Waals surface area contributed by atoms with Gasteiger partial charge in [0.2, 0.25) is 5.91 Å². The van der Waals surface area contributed by atoms with Crippen LogP contribution in [0.2, 0.25) is 0 Å². The molecule has 1 aliphatic heterocycles. The standard InChI is InChI=1S/C17H13FN2OS2/c18-12-5-3-11(4-6-12)10-23-17-14(9-19)13(8-16(21)20-17)15-2-1-7-22-15/h1-7,13H,8,10H2,(H,20,21)/t13-/m0/s1. The number of hydrogen-bond acceptors (Lipinski definition) is 4. The van der Waals surface area contributed by atoms with E-state index in [2.05, 4.69) is 11.4 Å². The number of rotatable bonds is 4. The van der Waals surface area contributed by atoms with E-state index in [-0.39, 0.29) is 17.6 Å². The number of amides is 1. The molecule has 0 saturated heterocycles. The molecule has 0 saturated carbocycles. The van der Waals surface area contributed by atoms with Gasteiger partial charge in [0.1, 0.15) is 5.82 Å². The zero-order chi connectivity index (χ0) is 16.2. The van der Waals surface area contributed by atoms with E-state index in [4.69, 9.17) is 0 Å². The number of thioether (sulfide) groups is 1. The normalized spacial score (nSPS) is 17.7. The molecule has 3 nitrogen and oxygen atoms in total. The number of nitrogens with zero attached hydrogens (tertiary/aromatic N) is 1. The lowest BCUT2D eigenvalue weighted by molar-refractivity contribution is -0.120. The average molecular weight is 344 g/mol. The van der Waals surface area contributed by atoms with Crippen molar-refractivity contribution in [2.45, 2.75) is 18.1 Å². The molecule has 1 N–H and O–H groups in total. The highest BCUT2D eigenvalue weighted by Crippen LogP contribution is 2.38. The number of allylic oxidation sites excluding steroid dienone is 1. The molecule has 0 radical (unpaired) electrons. The van der Waals surface area contributed by atoms with Gasteiger partial charge in [-0.05, 0) is 29.1 Å². The van der Waals surface area contributed by atoms with Crippen LogP contribution >= 0.6 is 23.1 Å². The van der Waals surface area contributed by atoms with Gasteiger partial charge in [0, 0.05) is 23.0 Å². The second kappa shape index (κ2) is 6.99. The minimum atomic E-state index is -0.278. The van der Waals surface area contributed by atoms with E-state index in [9.17, 15) is 14.4 Å². The lowest BCUT2D eigenvalue weighted by Crippen LogP contribution is -2.30. The number of benzene rings is 1. The van der Waals surface area contributed by atoms with Crippen LogP contribution in [-0.2, 0) is 10.5 Å². The van der Waals surface area contributed by atoms with E-state index in [1.54, 1.807) is 23.5 Å². The van der Waals surface area contributed by atoms with Crippen LogP contribution in [0, 0.1) is 17.1 Å². The third-order valence-corrected chi connectivity index (χ3v) is 5.61. The summed E-state index contributed by atoms with van der Waals surface area (Å²) in [6.45, 7) is 0. The summed E-state index contributed by atoms with van der Waals surface area (Å²) < 4.78 is 12.9. The SMILES string of the molecule is N#CC1=C(SCc2ccc(F)cc2)NC(=O)C[C@@H]1c1cccs1. The molecule has 0 spiro atoms. The monoisotopic (exact) mass is 344 g/mol. The van der Waals surface area contributed by atoms with Gasteiger partial charge >= 0.3 is 0 Å². The van der Waals surface area contributed by atoms with Crippen molar-refractivity contribution in [3.63, 3.8) is 0 Å². The predicted molar refractivity (Wildman–Crippen MR) is 90.2 cm³/mol. The fourth-order valence-electron chi connectivity index (χ4n) is 2.40. The van der Waals surface area contributed by atoms with E-state index >= 15 is 0 Å². The van der Waals surface area contributed by atoms with Crippen LogP contribution in [0.4, 0.5) is 4.39 Å². The molecule has 0 fully saturated rings. The smallest absolute Gasteiger partial charge is 0.225 e. The molecule has 1 atom stereocenters. The summed E-state index contributed by atoms with van der Waals surface area (Å²) in [6.07, 6.45) is 0.296. The number of carbonyl (C=O) groups excluding carboxylic acids is 1. The number of hydrogen-bond donors (Lipinski definition) is 1. The van der Waals surface area contributed by atoms with Gasteiger partial charge in [-0.15, -0.1) is 23.1 Å². The van der Waals surface area contributed by atoms with Crippen LogP contribution in [0.3, 0.4) is 0 Å². The minimum absolute atomic E-state index is 0.0796. The van der Waals surface area contributed by atoms with Crippen molar-refractivity contribution >= 4 is 29.0 Å².